The SMILES string of the molecule is COC(=O)c1ccc(N2CCN(C(=O)c3ccccc3C(F)(F)F)CC2)nn1.[Cl-]. The molecule has 0 radical (unpaired) electrons. The van der Waals surface area contributed by atoms with Crippen LogP contribution in [0, 0.1) is 0 Å². The molecule has 1 aromatic carbocycles. The first-order valence-electron chi connectivity index (χ1n) is 8.43. The maximum Gasteiger partial charge on any atom is 0.417 e. The van der Waals surface area contributed by atoms with Gasteiger partial charge in [0, 0.05) is 26.2 Å². The second-order valence-corrected chi connectivity index (χ2v) is 6.09. The highest BCUT2D eigenvalue weighted by molar-refractivity contribution is 5.96. The summed E-state index contributed by atoms with van der Waals surface area (Å²) in [6.45, 7) is 1.25. The topological polar surface area (TPSA) is 75.6 Å². The molecule has 1 fully saturated rings. The predicted molar refractivity (Wildman–Crippen MR) is 92.9 cm³/mol. The van der Waals surface area contributed by atoms with Gasteiger partial charge in [-0.25, -0.2) is 4.79 Å². The van der Waals surface area contributed by atoms with Gasteiger partial charge in [0.05, 0.1) is 18.2 Å². The van der Waals surface area contributed by atoms with E-state index in [1.54, 1.807) is 6.07 Å². The van der Waals surface area contributed by atoms with Crippen molar-refractivity contribution in [3.05, 3.63) is 53.2 Å². The maximum atomic E-state index is 13.1. The van der Waals surface area contributed by atoms with Crippen LogP contribution in [-0.2, 0) is 10.9 Å². The maximum absolute atomic E-state index is 13.1. The first-order valence-corrected chi connectivity index (χ1v) is 8.43. The van der Waals surface area contributed by atoms with Gasteiger partial charge < -0.3 is 26.9 Å². The van der Waals surface area contributed by atoms with E-state index >= 15 is 0 Å². The second-order valence-electron chi connectivity index (χ2n) is 6.09. The van der Waals surface area contributed by atoms with Crippen molar-refractivity contribution >= 4 is 17.7 Å². The molecule has 3 rings (SSSR count). The molecule has 0 atom stereocenters. The molecule has 156 valence electrons. The van der Waals surface area contributed by atoms with Crippen LogP contribution in [-0.4, -0.2) is 60.3 Å². The molecule has 0 bridgehead atoms. The van der Waals surface area contributed by atoms with Gasteiger partial charge in [-0.05, 0) is 24.3 Å². The van der Waals surface area contributed by atoms with Gasteiger partial charge in [-0.2, -0.15) is 13.2 Å². The molecule has 0 N–H and O–H groups in total. The molecule has 11 heteroatoms. The van der Waals surface area contributed by atoms with Gasteiger partial charge in [-0.15, -0.1) is 10.2 Å². The number of rotatable bonds is 3. The Labute approximate surface area is 170 Å². The minimum absolute atomic E-state index is 0. The van der Waals surface area contributed by atoms with Crippen LogP contribution in [0.25, 0.3) is 0 Å². The second kappa shape index (κ2) is 9.08. The van der Waals surface area contributed by atoms with Gasteiger partial charge in [-0.1, -0.05) is 12.1 Å². The van der Waals surface area contributed by atoms with Gasteiger partial charge in [-0.3, -0.25) is 4.79 Å². The van der Waals surface area contributed by atoms with Crippen molar-refractivity contribution in [1.29, 1.82) is 0 Å². The minimum Gasteiger partial charge on any atom is -1.00 e. The number of alkyl halides is 3. The number of piperazine rings is 1. The smallest absolute Gasteiger partial charge is 0.417 e. The van der Waals surface area contributed by atoms with E-state index in [-0.39, 0.29) is 36.8 Å². The number of anilines is 1. The zero-order valence-electron chi connectivity index (χ0n) is 15.3. The summed E-state index contributed by atoms with van der Waals surface area (Å²) in [4.78, 5) is 27.2. The van der Waals surface area contributed by atoms with Gasteiger partial charge in [0.15, 0.2) is 11.5 Å². The molecule has 0 saturated carbocycles. The Bertz CT molecular complexity index is 869. The molecule has 2 aromatic rings. The number of amides is 1. The molecular formula is C18H17ClF3N4O3-. The van der Waals surface area contributed by atoms with Crippen molar-refractivity contribution in [2.75, 3.05) is 38.2 Å². The zero-order chi connectivity index (χ0) is 20.3. The molecule has 1 aromatic heterocycles. The molecule has 1 amide bonds. The molecule has 0 aliphatic carbocycles. The number of benzene rings is 1. The van der Waals surface area contributed by atoms with Crippen molar-refractivity contribution in [2.45, 2.75) is 6.18 Å². The molecule has 0 unspecified atom stereocenters. The fourth-order valence-electron chi connectivity index (χ4n) is 2.93. The third-order valence-corrected chi connectivity index (χ3v) is 4.40. The standard InChI is InChI=1S/C18H17F3N4O3.ClH/c1-28-17(27)14-6-7-15(23-22-14)24-8-10-25(11-9-24)16(26)12-4-2-3-5-13(12)18(19,20)21;/h2-7H,8-11H2,1H3;1H/p-1. The molecule has 0 spiro atoms. The molecule has 2 heterocycles. The highest BCUT2D eigenvalue weighted by Crippen LogP contribution is 2.32. The van der Waals surface area contributed by atoms with E-state index in [2.05, 4.69) is 14.9 Å². The van der Waals surface area contributed by atoms with E-state index in [1.807, 2.05) is 4.90 Å². The quantitative estimate of drug-likeness (QED) is 0.598. The van der Waals surface area contributed by atoms with Crippen LogP contribution in [0.2, 0.25) is 0 Å². The number of hydrogen-bond acceptors (Lipinski definition) is 6. The van der Waals surface area contributed by atoms with Crippen molar-refractivity contribution in [3.8, 4) is 0 Å². The first kappa shape index (κ1) is 22.4. The number of halogens is 4. The summed E-state index contributed by atoms with van der Waals surface area (Å²) in [6.07, 6.45) is -4.59. The summed E-state index contributed by atoms with van der Waals surface area (Å²) < 4.78 is 44.0. The van der Waals surface area contributed by atoms with Crippen LogP contribution in [0.1, 0.15) is 26.4 Å². The molecular weight excluding hydrogens is 413 g/mol. The van der Waals surface area contributed by atoms with Crippen LogP contribution >= 0.6 is 0 Å². The lowest BCUT2D eigenvalue weighted by molar-refractivity contribution is -0.138. The van der Waals surface area contributed by atoms with Gasteiger partial charge in [0.1, 0.15) is 0 Å². The van der Waals surface area contributed by atoms with Crippen molar-refractivity contribution in [1.82, 2.24) is 15.1 Å². The Morgan fingerprint density at radius 2 is 1.66 bits per heavy atom. The Hall–Kier alpha value is -2.88. The molecule has 1 aliphatic rings. The fourth-order valence-corrected chi connectivity index (χ4v) is 2.93. The summed E-state index contributed by atoms with van der Waals surface area (Å²) >= 11 is 0. The zero-order valence-corrected chi connectivity index (χ0v) is 16.1. The van der Waals surface area contributed by atoms with E-state index in [0.717, 1.165) is 6.07 Å². The van der Waals surface area contributed by atoms with Crippen molar-refractivity contribution in [2.24, 2.45) is 0 Å². The monoisotopic (exact) mass is 429 g/mol. The van der Waals surface area contributed by atoms with Gasteiger partial charge in [0.25, 0.3) is 5.91 Å². The van der Waals surface area contributed by atoms with Crippen LogP contribution in [0.3, 0.4) is 0 Å². The third-order valence-electron chi connectivity index (χ3n) is 4.40. The summed E-state index contributed by atoms with van der Waals surface area (Å²) in [5.74, 6) is -0.743. The van der Waals surface area contributed by atoms with Crippen LogP contribution in [0.15, 0.2) is 36.4 Å². The number of methoxy groups -OCH3 is 1. The highest BCUT2D eigenvalue weighted by Gasteiger charge is 2.36. The lowest BCUT2D eigenvalue weighted by Crippen LogP contribution is -3.00. The number of hydrogen-bond donors (Lipinski definition) is 0. The average Bonchev–Trinajstić information content (AvgIpc) is 2.72. The van der Waals surface area contributed by atoms with E-state index < -0.39 is 23.6 Å². The molecule has 1 aliphatic heterocycles. The first-order chi connectivity index (χ1) is 13.3. The van der Waals surface area contributed by atoms with Crippen LogP contribution in [0.5, 0.6) is 0 Å². The fraction of sp³-hybridized carbons (Fsp3) is 0.333. The van der Waals surface area contributed by atoms with Crippen LogP contribution < -0.4 is 17.3 Å². The van der Waals surface area contributed by atoms with E-state index in [4.69, 9.17) is 0 Å². The normalized spacial score (nSPS) is 14.2. The van der Waals surface area contributed by atoms with E-state index in [1.165, 1.54) is 36.3 Å². The number of esters is 1. The molecule has 29 heavy (non-hydrogen) atoms. The van der Waals surface area contributed by atoms with Crippen molar-refractivity contribution < 1.29 is 39.9 Å². The lowest BCUT2D eigenvalue weighted by Gasteiger charge is -2.35. The minimum atomic E-state index is -4.59. The number of nitrogens with zero attached hydrogens (tertiary/aromatic N) is 4. The number of aromatic nitrogens is 2. The van der Waals surface area contributed by atoms with Crippen molar-refractivity contribution in [3.63, 3.8) is 0 Å². The summed E-state index contributed by atoms with van der Waals surface area (Å²) in [7, 11) is 1.24. The van der Waals surface area contributed by atoms with E-state index in [0.29, 0.717) is 18.9 Å². The summed E-state index contributed by atoms with van der Waals surface area (Å²) in [5.41, 5.74) is -1.22. The van der Waals surface area contributed by atoms with Gasteiger partial charge >= 0.3 is 12.1 Å². The molecule has 1 saturated heterocycles. The number of carbonyl (C=O) groups is 2. The Morgan fingerprint density at radius 1 is 1.00 bits per heavy atom. The number of ether oxygens (including phenoxy) is 1. The third kappa shape index (κ3) is 4.94. The Balaban J connectivity index is 0.00000300. The predicted octanol–water partition coefficient (Wildman–Crippen LogP) is -0.752. The van der Waals surface area contributed by atoms with Crippen LogP contribution in [0.4, 0.5) is 19.0 Å². The summed E-state index contributed by atoms with van der Waals surface area (Å²) in [5, 5.41) is 7.76. The van der Waals surface area contributed by atoms with E-state index in [9.17, 15) is 22.8 Å². The lowest BCUT2D eigenvalue weighted by atomic mass is 10.1. The number of carbonyl (C=O) groups excluding carboxylic acids is 2. The largest absolute Gasteiger partial charge is 1.00 e. The summed E-state index contributed by atoms with van der Waals surface area (Å²) in [6, 6.07) is 7.85. The molecule has 7 nitrogen and oxygen atoms in total. The highest BCUT2D eigenvalue weighted by atomic mass is 35.5. The Kier molecular flexibility index (Phi) is 7.02. The van der Waals surface area contributed by atoms with Gasteiger partial charge in [0.2, 0.25) is 0 Å². The average molecular weight is 430 g/mol. The Morgan fingerprint density at radius 3 is 2.21 bits per heavy atom.